The van der Waals surface area contributed by atoms with Crippen LogP contribution in [0.1, 0.15) is 60.5 Å². The van der Waals surface area contributed by atoms with Gasteiger partial charge in [0, 0.05) is 51.7 Å². The van der Waals surface area contributed by atoms with Gasteiger partial charge in [-0.3, -0.25) is 4.79 Å². The number of piperidine rings is 1. The van der Waals surface area contributed by atoms with E-state index in [-0.39, 0.29) is 41.8 Å². The number of carbonyl (C=O) groups excluding carboxylic acids is 2. The van der Waals surface area contributed by atoms with Crippen molar-refractivity contribution < 1.29 is 45.1 Å². The maximum atomic E-state index is 14.0. The Bertz CT molecular complexity index is 1330. The van der Waals surface area contributed by atoms with Crippen LogP contribution in [0.15, 0.2) is 42.5 Å². The van der Waals surface area contributed by atoms with Gasteiger partial charge in [-0.15, -0.1) is 0 Å². The molecule has 3 aliphatic rings. The molecule has 3 unspecified atom stereocenters. The summed E-state index contributed by atoms with van der Waals surface area (Å²) in [5, 5.41) is 0. The van der Waals surface area contributed by atoms with Gasteiger partial charge in [0.2, 0.25) is 5.91 Å². The summed E-state index contributed by atoms with van der Waals surface area (Å²) in [6, 6.07) is 4.67. The molecule has 3 amide bonds. The largest absolute Gasteiger partial charge is 0.416 e. The van der Waals surface area contributed by atoms with Gasteiger partial charge in [0.15, 0.2) is 0 Å². The summed E-state index contributed by atoms with van der Waals surface area (Å²) >= 11 is 0. The Labute approximate surface area is 250 Å². The van der Waals surface area contributed by atoms with Gasteiger partial charge in [-0.25, -0.2) is 9.18 Å². The smallest absolute Gasteiger partial charge is 0.381 e. The first-order valence-electron chi connectivity index (χ1n) is 14.6. The molecule has 0 saturated carbocycles. The highest BCUT2D eigenvalue weighted by Gasteiger charge is 2.48. The molecule has 0 bridgehead atoms. The zero-order valence-electron chi connectivity index (χ0n) is 24.3. The number of fused-ring (bicyclic) bond motifs is 1. The number of likely N-dealkylation sites (tertiary alicyclic amines) is 2. The Hall–Kier alpha value is -3.35. The zero-order chi connectivity index (χ0) is 32.0. The number of nitrogens with zero attached hydrogens (tertiary/aromatic N) is 3. The molecule has 5 rings (SSSR count). The predicted molar refractivity (Wildman–Crippen MR) is 146 cm³/mol. The lowest BCUT2D eigenvalue weighted by Gasteiger charge is -2.45. The number of rotatable bonds is 4. The molecule has 0 aliphatic carbocycles. The van der Waals surface area contributed by atoms with Crippen LogP contribution in [-0.2, 0) is 21.9 Å². The molecule has 2 aromatic carbocycles. The van der Waals surface area contributed by atoms with Crippen LogP contribution < -0.4 is 0 Å². The van der Waals surface area contributed by atoms with E-state index in [0.717, 1.165) is 4.90 Å². The van der Waals surface area contributed by atoms with Crippen molar-refractivity contribution in [1.29, 1.82) is 0 Å². The van der Waals surface area contributed by atoms with Crippen LogP contribution >= 0.6 is 0 Å². The van der Waals surface area contributed by atoms with Gasteiger partial charge in [-0.05, 0) is 73.6 Å². The van der Waals surface area contributed by atoms with E-state index < -0.39 is 47.4 Å². The number of hydrogen-bond acceptors (Lipinski definition) is 3. The maximum Gasteiger partial charge on any atom is 0.416 e. The van der Waals surface area contributed by atoms with Gasteiger partial charge in [0.25, 0.3) is 0 Å². The highest BCUT2D eigenvalue weighted by molar-refractivity contribution is 5.79. The van der Waals surface area contributed by atoms with E-state index in [1.54, 1.807) is 17.0 Å². The lowest BCUT2D eigenvalue weighted by molar-refractivity contribution is -0.143. The number of halogens is 7. The molecule has 0 spiro atoms. The second kappa shape index (κ2) is 12.2. The van der Waals surface area contributed by atoms with E-state index in [1.807, 2.05) is 4.90 Å². The lowest BCUT2D eigenvalue weighted by atomic mass is 9.79. The van der Waals surface area contributed by atoms with E-state index in [4.69, 9.17) is 4.74 Å². The highest BCUT2D eigenvalue weighted by Crippen LogP contribution is 2.45. The van der Waals surface area contributed by atoms with E-state index in [9.17, 15) is 40.3 Å². The van der Waals surface area contributed by atoms with E-state index >= 15 is 0 Å². The Morgan fingerprint density at radius 2 is 1.50 bits per heavy atom. The number of urea groups is 1. The summed E-state index contributed by atoms with van der Waals surface area (Å²) in [5.74, 6) is -0.729. The van der Waals surface area contributed by atoms with Crippen LogP contribution in [-0.4, -0.2) is 66.5 Å². The number of ether oxygens (including phenoxy) is 1. The van der Waals surface area contributed by atoms with Gasteiger partial charge in [0.1, 0.15) is 5.82 Å². The number of alkyl halides is 6. The molecule has 3 fully saturated rings. The molecule has 13 heteroatoms. The molecular weight excluding hydrogens is 595 g/mol. The van der Waals surface area contributed by atoms with Crippen molar-refractivity contribution in [3.05, 3.63) is 70.5 Å². The fourth-order valence-corrected chi connectivity index (χ4v) is 6.73. The summed E-state index contributed by atoms with van der Waals surface area (Å²) < 4.78 is 100. The van der Waals surface area contributed by atoms with Crippen molar-refractivity contribution >= 4 is 11.9 Å². The van der Waals surface area contributed by atoms with Crippen molar-refractivity contribution in [1.82, 2.24) is 14.7 Å². The third-order valence-corrected chi connectivity index (χ3v) is 9.29. The Balaban J connectivity index is 1.43. The molecule has 3 saturated heterocycles. The summed E-state index contributed by atoms with van der Waals surface area (Å²) in [7, 11) is 1.34. The molecule has 44 heavy (non-hydrogen) atoms. The number of hydrogen-bond donors (Lipinski definition) is 0. The number of benzene rings is 2. The first kappa shape index (κ1) is 32.1. The first-order chi connectivity index (χ1) is 20.6. The van der Waals surface area contributed by atoms with Crippen molar-refractivity contribution in [2.24, 2.45) is 17.8 Å². The molecule has 6 nitrogen and oxygen atoms in total. The number of amides is 3. The fourth-order valence-electron chi connectivity index (χ4n) is 6.73. The van der Waals surface area contributed by atoms with Crippen LogP contribution in [0.3, 0.4) is 0 Å². The van der Waals surface area contributed by atoms with Crippen molar-refractivity contribution in [2.75, 3.05) is 39.9 Å². The summed E-state index contributed by atoms with van der Waals surface area (Å²) in [6.45, 7) is 3.52. The van der Waals surface area contributed by atoms with Gasteiger partial charge >= 0.3 is 18.4 Å². The molecule has 3 aliphatic heterocycles. The molecule has 3 heterocycles. The third kappa shape index (κ3) is 6.52. The lowest BCUT2D eigenvalue weighted by Crippen LogP contribution is -2.50. The van der Waals surface area contributed by atoms with Gasteiger partial charge < -0.3 is 19.4 Å². The molecule has 240 valence electrons. The number of carbonyl (C=O) groups is 2. The van der Waals surface area contributed by atoms with Crippen LogP contribution in [0.5, 0.6) is 0 Å². The van der Waals surface area contributed by atoms with Crippen molar-refractivity contribution in [3.63, 3.8) is 0 Å². The van der Waals surface area contributed by atoms with Crippen molar-refractivity contribution in [2.45, 2.75) is 50.6 Å². The van der Waals surface area contributed by atoms with Crippen LogP contribution in [0.4, 0.5) is 35.5 Å². The maximum absolute atomic E-state index is 14.0. The minimum atomic E-state index is -5.02. The van der Waals surface area contributed by atoms with Crippen LogP contribution in [0.25, 0.3) is 0 Å². The van der Waals surface area contributed by atoms with Gasteiger partial charge in [0.05, 0.1) is 23.2 Å². The highest BCUT2D eigenvalue weighted by atomic mass is 19.4. The minimum absolute atomic E-state index is 0.0363. The SMILES string of the molecule is CC(c1cc(C(F)(F)F)cc(C(F)(F)F)c1)N(C)C(=O)N1CCC2CN(C(=O)C3CCOCC3)C[C@H]2C1c1ccc(F)cc1. The molecule has 2 aromatic rings. The Morgan fingerprint density at radius 1 is 0.909 bits per heavy atom. The standard InChI is InChI=1S/C31H34F7N3O3/c1-18(22-13-23(30(33,34)35)15-24(14-22)31(36,37)38)39(2)29(43)41-10-7-21-16-40(28(42)20-8-11-44-12-9-20)17-26(21)27(41)19-3-5-25(32)6-4-19/h3-6,13-15,18,20-21,26-27H,7-12,16-17H2,1-2H3/t18?,21?,26-,27?/m1/s1. The molecule has 4 atom stereocenters. The fraction of sp³-hybridized carbons (Fsp3) is 0.548. The second-order valence-electron chi connectivity index (χ2n) is 11.9. The topological polar surface area (TPSA) is 53.1 Å². The summed E-state index contributed by atoms with van der Waals surface area (Å²) in [6.07, 6.45) is -8.24. The average molecular weight is 630 g/mol. The monoisotopic (exact) mass is 629 g/mol. The normalized spacial score (nSPS) is 23.8. The summed E-state index contributed by atoms with van der Waals surface area (Å²) in [4.78, 5) is 31.9. The first-order valence-corrected chi connectivity index (χ1v) is 14.6. The Kier molecular flexibility index (Phi) is 8.90. The van der Waals surface area contributed by atoms with E-state index in [1.165, 1.54) is 26.1 Å². The van der Waals surface area contributed by atoms with E-state index in [2.05, 4.69) is 0 Å². The third-order valence-electron chi connectivity index (χ3n) is 9.29. The Morgan fingerprint density at radius 3 is 2.07 bits per heavy atom. The van der Waals surface area contributed by atoms with Crippen molar-refractivity contribution in [3.8, 4) is 0 Å². The zero-order valence-corrected chi connectivity index (χ0v) is 24.3. The molecular formula is C31H34F7N3O3. The van der Waals surface area contributed by atoms with Crippen LogP contribution in [0.2, 0.25) is 0 Å². The minimum Gasteiger partial charge on any atom is -0.381 e. The average Bonchev–Trinajstić information content (AvgIpc) is 3.43. The van der Waals surface area contributed by atoms with E-state index in [0.29, 0.717) is 63.3 Å². The molecule has 0 radical (unpaired) electrons. The predicted octanol–water partition coefficient (Wildman–Crippen LogP) is 6.92. The van der Waals surface area contributed by atoms with Gasteiger partial charge in [-0.1, -0.05) is 12.1 Å². The quantitative estimate of drug-likeness (QED) is 0.345. The second-order valence-corrected chi connectivity index (χ2v) is 11.9. The summed E-state index contributed by atoms with van der Waals surface area (Å²) in [5.41, 5.74) is -2.60. The van der Waals surface area contributed by atoms with Crippen LogP contribution in [0, 0.1) is 23.6 Å². The molecule has 0 N–H and O–H groups in total. The van der Waals surface area contributed by atoms with Gasteiger partial charge in [-0.2, -0.15) is 26.3 Å². The molecule has 0 aromatic heterocycles.